The number of nitrogens with one attached hydrogen (secondary N) is 1. The SMILES string of the molecule is Nc1nsc(NCC(F)(F)CO)n1. The second-order valence-corrected chi connectivity index (χ2v) is 3.08. The van der Waals surface area contributed by atoms with Gasteiger partial charge in [0.05, 0.1) is 6.54 Å². The van der Waals surface area contributed by atoms with E-state index in [1.807, 2.05) is 0 Å². The number of halogens is 2. The highest BCUT2D eigenvalue weighted by molar-refractivity contribution is 7.09. The summed E-state index contributed by atoms with van der Waals surface area (Å²) in [7, 11) is 0. The van der Waals surface area contributed by atoms with Gasteiger partial charge in [0, 0.05) is 11.5 Å². The molecule has 13 heavy (non-hydrogen) atoms. The summed E-state index contributed by atoms with van der Waals surface area (Å²) in [6.07, 6.45) is 0. The van der Waals surface area contributed by atoms with Crippen molar-refractivity contribution in [2.24, 2.45) is 0 Å². The second-order valence-electron chi connectivity index (χ2n) is 2.33. The summed E-state index contributed by atoms with van der Waals surface area (Å²) in [4.78, 5) is 3.61. The van der Waals surface area contributed by atoms with Crippen LogP contribution in [0.5, 0.6) is 0 Å². The maximum Gasteiger partial charge on any atom is 0.287 e. The maximum atomic E-state index is 12.5. The first-order valence-corrected chi connectivity index (χ1v) is 4.12. The fraction of sp³-hybridized carbons (Fsp3) is 0.600. The van der Waals surface area contributed by atoms with Crippen molar-refractivity contribution in [3.8, 4) is 0 Å². The molecule has 74 valence electrons. The third kappa shape index (κ3) is 3.07. The zero-order valence-corrected chi connectivity index (χ0v) is 7.31. The second kappa shape index (κ2) is 3.79. The highest BCUT2D eigenvalue weighted by Gasteiger charge is 2.27. The molecule has 1 aromatic rings. The van der Waals surface area contributed by atoms with Gasteiger partial charge < -0.3 is 16.2 Å². The number of aromatic nitrogens is 2. The largest absolute Gasteiger partial charge is 0.390 e. The highest BCUT2D eigenvalue weighted by Crippen LogP contribution is 2.16. The van der Waals surface area contributed by atoms with E-state index in [0.29, 0.717) is 0 Å². The predicted molar refractivity (Wildman–Crippen MR) is 44.8 cm³/mol. The molecule has 1 heterocycles. The number of nitrogen functional groups attached to an aromatic ring is 1. The van der Waals surface area contributed by atoms with Gasteiger partial charge in [-0.2, -0.15) is 9.36 Å². The number of aliphatic hydroxyl groups is 1. The van der Waals surface area contributed by atoms with E-state index in [-0.39, 0.29) is 11.1 Å². The molecular weight excluding hydrogens is 202 g/mol. The third-order valence-electron chi connectivity index (χ3n) is 1.17. The fourth-order valence-electron chi connectivity index (χ4n) is 0.567. The molecule has 0 aromatic carbocycles. The standard InChI is InChI=1S/C5H8F2N4OS/c6-5(7,2-12)1-9-4-10-3(8)11-13-4/h12H,1-2H2,(H3,8,9,10,11). The molecule has 0 aliphatic carbocycles. The molecule has 1 aromatic heterocycles. The molecule has 1 rings (SSSR count). The first-order chi connectivity index (χ1) is 6.03. The summed E-state index contributed by atoms with van der Waals surface area (Å²) < 4.78 is 28.5. The monoisotopic (exact) mass is 210 g/mol. The molecule has 8 heteroatoms. The lowest BCUT2D eigenvalue weighted by Crippen LogP contribution is -2.30. The van der Waals surface area contributed by atoms with Crippen molar-refractivity contribution in [3.63, 3.8) is 0 Å². The van der Waals surface area contributed by atoms with Crippen LogP contribution in [0.1, 0.15) is 0 Å². The van der Waals surface area contributed by atoms with Crippen LogP contribution in [0.3, 0.4) is 0 Å². The number of anilines is 2. The highest BCUT2D eigenvalue weighted by atomic mass is 32.1. The average molecular weight is 210 g/mol. The first-order valence-electron chi connectivity index (χ1n) is 3.35. The van der Waals surface area contributed by atoms with Gasteiger partial charge in [-0.05, 0) is 0 Å². The minimum absolute atomic E-state index is 0.0415. The Morgan fingerprint density at radius 2 is 2.31 bits per heavy atom. The smallest absolute Gasteiger partial charge is 0.287 e. The number of aliphatic hydroxyl groups excluding tert-OH is 1. The van der Waals surface area contributed by atoms with E-state index >= 15 is 0 Å². The Balaban J connectivity index is 2.43. The molecule has 0 saturated carbocycles. The zero-order chi connectivity index (χ0) is 9.90. The number of rotatable bonds is 4. The fourth-order valence-corrected chi connectivity index (χ4v) is 1.06. The van der Waals surface area contributed by atoms with E-state index in [1.165, 1.54) is 0 Å². The molecule has 0 spiro atoms. The summed E-state index contributed by atoms with van der Waals surface area (Å²) in [6, 6.07) is 0. The normalized spacial score (nSPS) is 11.6. The Bertz CT molecular complexity index is 279. The Kier molecular flexibility index (Phi) is 2.94. The third-order valence-corrected chi connectivity index (χ3v) is 1.86. The Morgan fingerprint density at radius 1 is 1.62 bits per heavy atom. The summed E-state index contributed by atoms with van der Waals surface area (Å²) >= 11 is 0.889. The number of hydrogen-bond acceptors (Lipinski definition) is 6. The van der Waals surface area contributed by atoms with E-state index in [4.69, 9.17) is 10.8 Å². The molecule has 0 amide bonds. The summed E-state index contributed by atoms with van der Waals surface area (Å²) in [5.74, 6) is -3.11. The maximum absolute atomic E-state index is 12.5. The minimum Gasteiger partial charge on any atom is -0.390 e. The van der Waals surface area contributed by atoms with Gasteiger partial charge in [0.1, 0.15) is 6.61 Å². The van der Waals surface area contributed by atoms with Crippen LogP contribution in [0.4, 0.5) is 19.9 Å². The number of hydrogen-bond donors (Lipinski definition) is 3. The lowest BCUT2D eigenvalue weighted by Gasteiger charge is -2.12. The Morgan fingerprint density at radius 3 is 2.77 bits per heavy atom. The van der Waals surface area contributed by atoms with Crippen LogP contribution in [0.25, 0.3) is 0 Å². The van der Waals surface area contributed by atoms with Crippen LogP contribution in [0.2, 0.25) is 0 Å². The molecule has 0 aliphatic rings. The van der Waals surface area contributed by atoms with E-state index in [1.54, 1.807) is 0 Å². The molecule has 0 bridgehead atoms. The van der Waals surface area contributed by atoms with Crippen molar-refractivity contribution < 1.29 is 13.9 Å². The average Bonchev–Trinajstić information content (AvgIpc) is 2.48. The van der Waals surface area contributed by atoms with E-state index in [2.05, 4.69) is 14.7 Å². The Hall–Kier alpha value is -1.02. The van der Waals surface area contributed by atoms with Gasteiger partial charge >= 0.3 is 0 Å². The summed E-state index contributed by atoms with van der Waals surface area (Å²) in [5, 5.41) is 10.8. The van der Waals surface area contributed by atoms with E-state index < -0.39 is 19.1 Å². The van der Waals surface area contributed by atoms with Crippen LogP contribution in [0, 0.1) is 0 Å². The number of alkyl halides is 2. The van der Waals surface area contributed by atoms with Gasteiger partial charge in [0.15, 0.2) is 0 Å². The summed E-state index contributed by atoms with van der Waals surface area (Å²) in [5.41, 5.74) is 5.16. The topological polar surface area (TPSA) is 84.1 Å². The lowest BCUT2D eigenvalue weighted by molar-refractivity contribution is -0.0372. The van der Waals surface area contributed by atoms with Crippen molar-refractivity contribution in [1.29, 1.82) is 0 Å². The molecule has 4 N–H and O–H groups in total. The molecule has 0 atom stereocenters. The molecule has 0 unspecified atom stereocenters. The van der Waals surface area contributed by atoms with Gasteiger partial charge in [-0.3, -0.25) is 0 Å². The zero-order valence-electron chi connectivity index (χ0n) is 6.50. The van der Waals surface area contributed by atoms with Crippen LogP contribution in [-0.2, 0) is 0 Å². The van der Waals surface area contributed by atoms with E-state index in [0.717, 1.165) is 11.5 Å². The Labute approximate surface area is 76.8 Å². The molecule has 5 nitrogen and oxygen atoms in total. The van der Waals surface area contributed by atoms with Crippen molar-refractivity contribution in [3.05, 3.63) is 0 Å². The minimum atomic E-state index is -3.15. The van der Waals surface area contributed by atoms with Crippen LogP contribution < -0.4 is 11.1 Å². The number of nitrogens with two attached hydrogens (primary N) is 1. The van der Waals surface area contributed by atoms with E-state index in [9.17, 15) is 8.78 Å². The molecule has 0 fully saturated rings. The van der Waals surface area contributed by atoms with Gasteiger partial charge in [0.2, 0.25) is 11.1 Å². The lowest BCUT2D eigenvalue weighted by atomic mass is 10.4. The van der Waals surface area contributed by atoms with Gasteiger partial charge in [-0.15, -0.1) is 0 Å². The van der Waals surface area contributed by atoms with Crippen LogP contribution >= 0.6 is 11.5 Å². The first kappa shape index (κ1) is 10.1. The van der Waals surface area contributed by atoms with Gasteiger partial charge in [-0.25, -0.2) is 8.78 Å². The molecular formula is C5H8F2N4OS. The van der Waals surface area contributed by atoms with Crippen molar-refractivity contribution in [2.75, 3.05) is 24.2 Å². The predicted octanol–water partition coefficient (Wildman–Crippen LogP) is 0.160. The molecule has 0 aliphatic heterocycles. The number of nitrogens with zero attached hydrogens (tertiary/aromatic N) is 2. The van der Waals surface area contributed by atoms with Crippen LogP contribution in [-0.4, -0.2) is 33.5 Å². The van der Waals surface area contributed by atoms with Gasteiger partial charge in [-0.1, -0.05) is 0 Å². The van der Waals surface area contributed by atoms with Crippen molar-refractivity contribution >= 4 is 22.6 Å². The van der Waals surface area contributed by atoms with Crippen molar-refractivity contribution in [1.82, 2.24) is 9.36 Å². The van der Waals surface area contributed by atoms with Crippen molar-refractivity contribution in [2.45, 2.75) is 5.92 Å². The van der Waals surface area contributed by atoms with Crippen LogP contribution in [0.15, 0.2) is 0 Å². The summed E-state index contributed by atoms with van der Waals surface area (Å²) in [6.45, 7) is -1.88. The van der Waals surface area contributed by atoms with Gasteiger partial charge in [0.25, 0.3) is 5.92 Å². The molecule has 0 radical (unpaired) electrons. The quantitative estimate of drug-likeness (QED) is 0.659. The molecule has 0 saturated heterocycles.